The molecule has 0 fully saturated rings. The van der Waals surface area contributed by atoms with Crippen LogP contribution in [0.25, 0.3) is 11.0 Å². The Hall–Kier alpha value is -2.15. The largest absolute Gasteiger partial charge is 0.450 e. The van der Waals surface area contributed by atoms with E-state index in [1.54, 1.807) is 35.2 Å². The summed E-state index contributed by atoms with van der Waals surface area (Å²) >= 11 is 9.50. The second-order valence-electron chi connectivity index (χ2n) is 7.29. The van der Waals surface area contributed by atoms with Crippen LogP contribution < -0.4 is 5.43 Å². The maximum absolute atomic E-state index is 13.5. The van der Waals surface area contributed by atoms with Gasteiger partial charge in [0.2, 0.25) is 5.76 Å². The van der Waals surface area contributed by atoms with Gasteiger partial charge in [-0.15, -0.1) is 0 Å². The smallest absolute Gasteiger partial charge is 0.290 e. The van der Waals surface area contributed by atoms with Crippen molar-refractivity contribution in [1.82, 2.24) is 9.80 Å². The van der Waals surface area contributed by atoms with Gasteiger partial charge in [-0.3, -0.25) is 9.59 Å². The van der Waals surface area contributed by atoms with Gasteiger partial charge in [0.05, 0.1) is 17.0 Å². The molecule has 0 N–H and O–H groups in total. The molecule has 0 spiro atoms. The minimum atomic E-state index is -0.500. The van der Waals surface area contributed by atoms with Crippen LogP contribution in [-0.4, -0.2) is 41.9 Å². The first kappa shape index (κ1) is 21.1. The molecule has 3 aromatic rings. The predicted molar refractivity (Wildman–Crippen MR) is 122 cm³/mol. The average molecular weight is 490 g/mol. The van der Waals surface area contributed by atoms with Gasteiger partial charge in [0, 0.05) is 22.6 Å². The molecule has 7 heteroatoms. The molecule has 30 heavy (non-hydrogen) atoms. The number of halogens is 2. The third-order valence-electron chi connectivity index (χ3n) is 5.67. The van der Waals surface area contributed by atoms with Gasteiger partial charge < -0.3 is 14.2 Å². The SMILES string of the molecule is CCN(CC)CCN1C(=O)c2oc3ccc(Br)cc3c(=O)c2[C@H]1c1ccc(Cl)cc1. The minimum Gasteiger partial charge on any atom is -0.450 e. The quantitative estimate of drug-likeness (QED) is 0.484. The highest BCUT2D eigenvalue weighted by molar-refractivity contribution is 9.10. The second kappa shape index (κ2) is 8.53. The van der Waals surface area contributed by atoms with E-state index in [9.17, 15) is 9.59 Å². The zero-order valence-corrected chi connectivity index (χ0v) is 19.2. The van der Waals surface area contributed by atoms with Crippen molar-refractivity contribution in [1.29, 1.82) is 0 Å². The first-order chi connectivity index (χ1) is 14.4. The fraction of sp³-hybridized carbons (Fsp3) is 0.304. The number of amides is 1. The molecule has 2 aromatic carbocycles. The van der Waals surface area contributed by atoms with Crippen LogP contribution in [0.1, 0.15) is 41.6 Å². The van der Waals surface area contributed by atoms with Crippen molar-refractivity contribution in [2.24, 2.45) is 0 Å². The third-order valence-corrected chi connectivity index (χ3v) is 6.41. The Kier molecular flexibility index (Phi) is 6.00. The molecule has 1 aliphatic rings. The topological polar surface area (TPSA) is 53.8 Å². The first-order valence-electron chi connectivity index (χ1n) is 9.99. The van der Waals surface area contributed by atoms with Crippen LogP contribution in [0, 0.1) is 0 Å². The lowest BCUT2D eigenvalue weighted by Crippen LogP contribution is -2.37. The molecule has 1 aliphatic heterocycles. The average Bonchev–Trinajstić information content (AvgIpc) is 3.02. The van der Waals surface area contributed by atoms with Gasteiger partial charge >= 0.3 is 0 Å². The van der Waals surface area contributed by atoms with Gasteiger partial charge in [0.1, 0.15) is 5.58 Å². The monoisotopic (exact) mass is 488 g/mol. The molecule has 0 aliphatic carbocycles. The molecule has 0 saturated heterocycles. The molecule has 5 nitrogen and oxygen atoms in total. The number of benzene rings is 2. The van der Waals surface area contributed by atoms with Crippen LogP contribution in [0.4, 0.5) is 0 Å². The molecule has 0 saturated carbocycles. The molecular formula is C23H22BrClN2O3. The predicted octanol–water partition coefficient (Wildman–Crippen LogP) is 5.10. The summed E-state index contributed by atoms with van der Waals surface area (Å²) in [5.41, 5.74) is 1.47. The van der Waals surface area contributed by atoms with E-state index in [1.165, 1.54) is 0 Å². The summed E-state index contributed by atoms with van der Waals surface area (Å²) in [6.45, 7) is 7.19. The number of carbonyl (C=O) groups excluding carboxylic acids is 1. The first-order valence-corrected chi connectivity index (χ1v) is 11.2. The molecule has 1 amide bonds. The van der Waals surface area contributed by atoms with E-state index < -0.39 is 6.04 Å². The Balaban J connectivity index is 1.87. The highest BCUT2D eigenvalue weighted by atomic mass is 79.9. The van der Waals surface area contributed by atoms with Crippen molar-refractivity contribution in [3.63, 3.8) is 0 Å². The zero-order chi connectivity index (χ0) is 21.4. The van der Waals surface area contributed by atoms with E-state index >= 15 is 0 Å². The maximum atomic E-state index is 13.5. The lowest BCUT2D eigenvalue weighted by molar-refractivity contribution is 0.0708. The van der Waals surface area contributed by atoms with Crippen molar-refractivity contribution >= 4 is 44.4 Å². The standard InChI is InChI=1S/C23H22BrClN2O3/c1-3-26(4-2)11-12-27-20(14-5-8-16(25)9-6-14)19-21(28)17-13-15(24)7-10-18(17)30-22(19)23(27)29/h5-10,13,20H,3-4,11-12H2,1-2H3/t20-/m1/s1. The summed E-state index contributed by atoms with van der Waals surface area (Å²) in [5.74, 6) is -0.117. The van der Waals surface area contributed by atoms with Crippen LogP contribution in [0.15, 0.2) is 56.1 Å². The van der Waals surface area contributed by atoms with Crippen LogP contribution in [-0.2, 0) is 0 Å². The number of hydrogen-bond acceptors (Lipinski definition) is 4. The Morgan fingerprint density at radius 2 is 1.80 bits per heavy atom. The number of fused-ring (bicyclic) bond motifs is 2. The molecule has 0 radical (unpaired) electrons. The molecule has 2 heterocycles. The Bertz CT molecular complexity index is 1160. The molecule has 0 bridgehead atoms. The summed E-state index contributed by atoms with van der Waals surface area (Å²) in [6.07, 6.45) is 0. The molecule has 0 unspecified atom stereocenters. The van der Waals surface area contributed by atoms with Crippen molar-refractivity contribution in [3.05, 3.63) is 79.1 Å². The second-order valence-corrected chi connectivity index (χ2v) is 8.65. The van der Waals surface area contributed by atoms with Crippen LogP contribution in [0.5, 0.6) is 0 Å². The number of carbonyl (C=O) groups is 1. The minimum absolute atomic E-state index is 0.134. The van der Waals surface area contributed by atoms with Gasteiger partial charge in [-0.2, -0.15) is 0 Å². The van der Waals surface area contributed by atoms with Crippen LogP contribution in [0.2, 0.25) is 5.02 Å². The van der Waals surface area contributed by atoms with Crippen LogP contribution >= 0.6 is 27.5 Å². The van der Waals surface area contributed by atoms with Crippen LogP contribution in [0.3, 0.4) is 0 Å². The third kappa shape index (κ3) is 3.68. The number of hydrogen-bond donors (Lipinski definition) is 0. The highest BCUT2D eigenvalue weighted by Crippen LogP contribution is 2.38. The van der Waals surface area contributed by atoms with Gasteiger partial charge in [0.25, 0.3) is 5.91 Å². The fourth-order valence-electron chi connectivity index (χ4n) is 4.00. The molecule has 1 aromatic heterocycles. The Labute approximate surface area is 188 Å². The number of nitrogens with zero attached hydrogens (tertiary/aromatic N) is 2. The maximum Gasteiger partial charge on any atom is 0.290 e. The summed E-state index contributed by atoms with van der Waals surface area (Å²) in [7, 11) is 0. The summed E-state index contributed by atoms with van der Waals surface area (Å²) in [5, 5.41) is 1.06. The molecule has 1 atom stereocenters. The van der Waals surface area contributed by atoms with Gasteiger partial charge in [-0.25, -0.2) is 0 Å². The van der Waals surface area contributed by atoms with E-state index in [0.717, 1.165) is 29.7 Å². The molecule has 156 valence electrons. The van der Waals surface area contributed by atoms with Gasteiger partial charge in [-0.05, 0) is 49.0 Å². The lowest BCUT2D eigenvalue weighted by Gasteiger charge is -2.28. The van der Waals surface area contributed by atoms with E-state index in [4.69, 9.17) is 16.0 Å². The van der Waals surface area contributed by atoms with Gasteiger partial charge in [0.15, 0.2) is 5.43 Å². The van der Waals surface area contributed by atoms with E-state index in [0.29, 0.717) is 28.1 Å². The summed E-state index contributed by atoms with van der Waals surface area (Å²) in [4.78, 5) is 30.8. The van der Waals surface area contributed by atoms with Crippen molar-refractivity contribution in [3.8, 4) is 0 Å². The summed E-state index contributed by atoms with van der Waals surface area (Å²) < 4.78 is 6.75. The normalized spacial score (nSPS) is 16.0. The molecular weight excluding hydrogens is 468 g/mol. The van der Waals surface area contributed by atoms with E-state index in [2.05, 4.69) is 34.7 Å². The molecule has 4 rings (SSSR count). The zero-order valence-electron chi connectivity index (χ0n) is 16.8. The fourth-order valence-corrected chi connectivity index (χ4v) is 4.49. The van der Waals surface area contributed by atoms with Crippen molar-refractivity contribution in [2.45, 2.75) is 19.9 Å². The summed E-state index contributed by atoms with van der Waals surface area (Å²) in [6, 6.07) is 12.0. The highest BCUT2D eigenvalue weighted by Gasteiger charge is 2.42. The van der Waals surface area contributed by atoms with Crippen molar-refractivity contribution in [2.75, 3.05) is 26.2 Å². The van der Waals surface area contributed by atoms with Crippen molar-refractivity contribution < 1.29 is 9.21 Å². The Morgan fingerprint density at radius 1 is 1.10 bits per heavy atom. The number of likely N-dealkylation sites (N-methyl/N-ethyl adjacent to an activating group) is 1. The number of rotatable bonds is 6. The Morgan fingerprint density at radius 3 is 2.47 bits per heavy atom. The van der Waals surface area contributed by atoms with Gasteiger partial charge in [-0.1, -0.05) is 53.5 Å². The lowest BCUT2D eigenvalue weighted by atomic mass is 9.98. The van der Waals surface area contributed by atoms with E-state index in [1.807, 2.05) is 12.1 Å². The van der Waals surface area contributed by atoms with E-state index in [-0.39, 0.29) is 17.1 Å².